The summed E-state index contributed by atoms with van der Waals surface area (Å²) < 4.78 is 4.81. The molecule has 2 N–H and O–H groups in total. The van der Waals surface area contributed by atoms with E-state index in [1.54, 1.807) is 0 Å². The third kappa shape index (κ3) is 3.57. The highest BCUT2D eigenvalue weighted by Gasteiger charge is 2.22. The van der Waals surface area contributed by atoms with E-state index in [0.29, 0.717) is 0 Å². The summed E-state index contributed by atoms with van der Waals surface area (Å²) in [7, 11) is 0. The summed E-state index contributed by atoms with van der Waals surface area (Å²) in [5, 5.41) is 38.1. The number of carboxylic acid groups (broad SMARTS) is 1. The summed E-state index contributed by atoms with van der Waals surface area (Å²) in [5.41, 5.74) is 1.25. The van der Waals surface area contributed by atoms with E-state index in [0.717, 1.165) is 18.2 Å². The van der Waals surface area contributed by atoms with Gasteiger partial charge in [0.2, 0.25) is 5.69 Å². The number of benzene rings is 1. The number of hydrogen-bond donors (Lipinski definition) is 2. The van der Waals surface area contributed by atoms with E-state index in [2.05, 4.69) is 15.7 Å². The van der Waals surface area contributed by atoms with Gasteiger partial charge in [-0.15, -0.1) is 0 Å². The summed E-state index contributed by atoms with van der Waals surface area (Å²) in [6.07, 6.45) is 0. The third-order valence-corrected chi connectivity index (χ3v) is 3.16. The van der Waals surface area contributed by atoms with Crippen LogP contribution in [0.4, 0.5) is 17.1 Å². The highest BCUT2D eigenvalue weighted by molar-refractivity contribution is 6.07. The Labute approximate surface area is 139 Å². The fraction of sp³-hybridized carbons (Fsp3) is 0.154. The maximum Gasteiger partial charge on any atom is 0.358 e. The number of aryl methyl sites for hydroxylation is 1. The Kier molecular flexibility index (Phi) is 4.72. The van der Waals surface area contributed by atoms with Crippen LogP contribution in [0, 0.1) is 27.2 Å². The van der Waals surface area contributed by atoms with Crippen molar-refractivity contribution in [2.24, 2.45) is 5.10 Å². The molecule has 0 spiro atoms. The molecule has 0 radical (unpaired) electrons. The standard InChI is InChI=1S/C13H11N5O7/c1-6(11-7(2)25-16-12(11)13(19)20)14-15-9-4-3-8(17(21)22)5-10(9)18(23)24/h3-5,15H,1-2H3,(H,19,20)/b14-6+. The minimum Gasteiger partial charge on any atom is -0.476 e. The highest BCUT2D eigenvalue weighted by atomic mass is 16.6. The second-order valence-corrected chi connectivity index (χ2v) is 4.79. The lowest BCUT2D eigenvalue weighted by atomic mass is 10.1. The van der Waals surface area contributed by atoms with Crippen molar-refractivity contribution in [2.45, 2.75) is 13.8 Å². The van der Waals surface area contributed by atoms with E-state index < -0.39 is 27.2 Å². The molecule has 2 rings (SSSR count). The van der Waals surface area contributed by atoms with Crippen LogP contribution in [0.5, 0.6) is 0 Å². The van der Waals surface area contributed by atoms with E-state index in [9.17, 15) is 25.0 Å². The van der Waals surface area contributed by atoms with Crippen molar-refractivity contribution in [3.8, 4) is 0 Å². The monoisotopic (exact) mass is 349 g/mol. The minimum absolute atomic E-state index is 0.0964. The molecular weight excluding hydrogens is 338 g/mol. The number of aromatic carboxylic acids is 1. The Morgan fingerprint density at radius 1 is 1.32 bits per heavy atom. The zero-order valence-electron chi connectivity index (χ0n) is 12.9. The number of carbonyl (C=O) groups is 1. The summed E-state index contributed by atoms with van der Waals surface area (Å²) >= 11 is 0. The van der Waals surface area contributed by atoms with E-state index >= 15 is 0 Å². The molecule has 0 amide bonds. The number of nitro groups is 2. The molecule has 0 aliphatic rings. The molecular formula is C13H11N5O7. The van der Waals surface area contributed by atoms with Gasteiger partial charge < -0.3 is 9.63 Å². The number of non-ortho nitro benzene ring substituents is 1. The topological polar surface area (TPSA) is 174 Å². The molecule has 12 heteroatoms. The zero-order valence-corrected chi connectivity index (χ0v) is 12.9. The first-order valence-corrected chi connectivity index (χ1v) is 6.65. The average molecular weight is 349 g/mol. The molecule has 0 aliphatic heterocycles. The number of aromatic nitrogens is 1. The zero-order chi connectivity index (χ0) is 18.7. The molecule has 12 nitrogen and oxygen atoms in total. The summed E-state index contributed by atoms with van der Waals surface area (Å²) in [5.74, 6) is -1.11. The first-order chi connectivity index (χ1) is 11.7. The Hall–Kier alpha value is -3.83. The van der Waals surface area contributed by atoms with Gasteiger partial charge in [-0.2, -0.15) is 5.10 Å². The van der Waals surface area contributed by atoms with Gasteiger partial charge >= 0.3 is 11.7 Å². The van der Waals surface area contributed by atoms with Crippen LogP contribution in [0.25, 0.3) is 0 Å². The maximum absolute atomic E-state index is 11.1. The first-order valence-electron chi connectivity index (χ1n) is 6.65. The Balaban J connectivity index is 2.39. The van der Waals surface area contributed by atoms with Gasteiger partial charge in [0.15, 0.2) is 0 Å². The van der Waals surface area contributed by atoms with Gasteiger partial charge in [-0.25, -0.2) is 4.79 Å². The maximum atomic E-state index is 11.1. The molecule has 0 bridgehead atoms. The van der Waals surface area contributed by atoms with Gasteiger partial charge in [0.1, 0.15) is 11.4 Å². The van der Waals surface area contributed by atoms with Crippen molar-refractivity contribution in [3.05, 3.63) is 55.4 Å². The van der Waals surface area contributed by atoms with E-state index in [-0.39, 0.29) is 28.4 Å². The number of hydrazone groups is 1. The molecule has 1 aromatic carbocycles. The van der Waals surface area contributed by atoms with Crippen LogP contribution in [0.2, 0.25) is 0 Å². The van der Waals surface area contributed by atoms with Crippen molar-refractivity contribution in [2.75, 3.05) is 5.43 Å². The molecule has 0 saturated carbocycles. The lowest BCUT2D eigenvalue weighted by Crippen LogP contribution is -2.08. The van der Waals surface area contributed by atoms with Crippen molar-refractivity contribution in [3.63, 3.8) is 0 Å². The average Bonchev–Trinajstić information content (AvgIpc) is 2.94. The lowest BCUT2D eigenvalue weighted by Gasteiger charge is -2.04. The van der Waals surface area contributed by atoms with Crippen LogP contribution in [-0.4, -0.2) is 31.8 Å². The van der Waals surface area contributed by atoms with Gasteiger partial charge in [-0.3, -0.25) is 25.7 Å². The smallest absolute Gasteiger partial charge is 0.358 e. The predicted octanol–water partition coefficient (Wildman–Crippen LogP) is 2.33. The molecule has 0 unspecified atom stereocenters. The van der Waals surface area contributed by atoms with Crippen molar-refractivity contribution in [1.82, 2.24) is 5.16 Å². The Morgan fingerprint density at radius 2 is 2.00 bits per heavy atom. The molecule has 0 fully saturated rings. The van der Waals surface area contributed by atoms with Crippen LogP contribution in [0.3, 0.4) is 0 Å². The van der Waals surface area contributed by atoms with Gasteiger partial charge in [0.25, 0.3) is 5.69 Å². The van der Waals surface area contributed by atoms with Crippen molar-refractivity contribution < 1.29 is 24.3 Å². The van der Waals surface area contributed by atoms with Gasteiger partial charge in [-0.05, 0) is 19.9 Å². The molecule has 2 aromatic rings. The molecule has 1 aromatic heterocycles. The summed E-state index contributed by atoms with van der Waals surface area (Å²) in [4.78, 5) is 31.3. The number of carboxylic acids is 1. The van der Waals surface area contributed by atoms with Crippen LogP contribution >= 0.6 is 0 Å². The molecule has 0 atom stereocenters. The summed E-state index contributed by atoms with van der Waals surface area (Å²) in [6, 6.07) is 3.00. The molecule has 1 heterocycles. The Bertz CT molecular complexity index is 902. The molecule has 0 aliphatic carbocycles. The van der Waals surface area contributed by atoms with Gasteiger partial charge in [0.05, 0.1) is 27.2 Å². The van der Waals surface area contributed by atoms with E-state index in [4.69, 9.17) is 9.63 Å². The SMILES string of the molecule is C/C(=N\Nc1ccc([N+](=O)[O-])cc1[N+](=O)[O-])c1c(C(=O)O)noc1C. The fourth-order valence-electron chi connectivity index (χ4n) is 2.02. The normalized spacial score (nSPS) is 11.2. The predicted molar refractivity (Wildman–Crippen MR) is 83.8 cm³/mol. The second-order valence-electron chi connectivity index (χ2n) is 4.79. The van der Waals surface area contributed by atoms with Gasteiger partial charge in [-0.1, -0.05) is 5.16 Å². The lowest BCUT2D eigenvalue weighted by molar-refractivity contribution is -0.393. The van der Waals surface area contributed by atoms with Crippen LogP contribution < -0.4 is 5.43 Å². The van der Waals surface area contributed by atoms with Gasteiger partial charge in [0, 0.05) is 6.07 Å². The Morgan fingerprint density at radius 3 is 2.56 bits per heavy atom. The second kappa shape index (κ2) is 6.74. The quantitative estimate of drug-likeness (QED) is 0.450. The van der Waals surface area contributed by atoms with E-state index in [1.165, 1.54) is 13.8 Å². The molecule has 0 saturated heterocycles. The van der Waals surface area contributed by atoms with Crippen molar-refractivity contribution >= 4 is 28.7 Å². The fourth-order valence-corrected chi connectivity index (χ4v) is 2.02. The molecule has 130 valence electrons. The summed E-state index contributed by atoms with van der Waals surface area (Å²) in [6.45, 7) is 2.94. The molecule has 25 heavy (non-hydrogen) atoms. The number of anilines is 1. The van der Waals surface area contributed by atoms with Crippen LogP contribution in [0.15, 0.2) is 27.8 Å². The first kappa shape index (κ1) is 17.5. The largest absolute Gasteiger partial charge is 0.476 e. The van der Waals surface area contributed by atoms with E-state index in [1.807, 2.05) is 0 Å². The number of nitrogens with zero attached hydrogens (tertiary/aromatic N) is 4. The number of nitrogens with one attached hydrogen (secondary N) is 1. The number of nitro benzene ring substituents is 2. The van der Waals surface area contributed by atoms with Crippen LogP contribution in [-0.2, 0) is 0 Å². The van der Waals surface area contributed by atoms with Crippen LogP contribution in [0.1, 0.15) is 28.7 Å². The third-order valence-electron chi connectivity index (χ3n) is 3.16. The highest BCUT2D eigenvalue weighted by Crippen LogP contribution is 2.29. The number of hydrogen-bond acceptors (Lipinski definition) is 9. The van der Waals surface area contributed by atoms with Crippen molar-refractivity contribution in [1.29, 1.82) is 0 Å². The minimum atomic E-state index is -1.32. The number of rotatable bonds is 6.